The van der Waals surface area contributed by atoms with E-state index in [-0.39, 0.29) is 17.4 Å². The van der Waals surface area contributed by atoms with Crippen molar-refractivity contribution in [3.63, 3.8) is 0 Å². The monoisotopic (exact) mass is 330 g/mol. The molecule has 1 heterocycles. The van der Waals surface area contributed by atoms with Crippen LogP contribution < -0.4 is 5.32 Å². The number of aryl methyl sites for hydroxylation is 1. The molecule has 0 aliphatic rings. The normalized spacial score (nSPS) is 11.5. The van der Waals surface area contributed by atoms with Gasteiger partial charge in [-0.15, -0.1) is 0 Å². The van der Waals surface area contributed by atoms with Gasteiger partial charge in [-0.3, -0.25) is 0 Å². The number of hydrogen-bond acceptors (Lipinski definition) is 3. The number of anilines is 1. The minimum absolute atomic E-state index is 0.0359. The predicted octanol–water partition coefficient (Wildman–Crippen LogP) is 4.17. The van der Waals surface area contributed by atoms with Gasteiger partial charge in [0, 0.05) is 12.7 Å². The van der Waals surface area contributed by atoms with E-state index >= 15 is 0 Å². The number of benzene rings is 1. The third-order valence-corrected chi connectivity index (χ3v) is 3.49. The molecule has 0 bridgehead atoms. The van der Waals surface area contributed by atoms with Crippen molar-refractivity contribution in [3.05, 3.63) is 57.7 Å². The Balaban J connectivity index is 2.10. The average Bonchev–Trinajstić information content (AvgIpc) is 2.45. The quantitative estimate of drug-likeness (QED) is 0.884. The van der Waals surface area contributed by atoms with Crippen LogP contribution >= 0.6 is 11.6 Å². The first-order chi connectivity index (χ1) is 10.3. The first-order valence-corrected chi connectivity index (χ1v) is 6.85. The van der Waals surface area contributed by atoms with E-state index in [2.05, 4.69) is 10.3 Å². The molecule has 7 heteroatoms. The number of nitrogens with zero attached hydrogens (tertiary/aromatic N) is 1. The van der Waals surface area contributed by atoms with E-state index in [0.29, 0.717) is 6.54 Å². The van der Waals surface area contributed by atoms with E-state index in [1.807, 2.05) is 19.1 Å². The van der Waals surface area contributed by atoms with E-state index in [4.69, 9.17) is 16.7 Å². The molecule has 2 aromatic rings. The van der Waals surface area contributed by atoms with Gasteiger partial charge < -0.3 is 10.4 Å². The van der Waals surface area contributed by atoms with Gasteiger partial charge in [-0.2, -0.15) is 13.2 Å². The molecule has 0 radical (unpaired) electrons. The van der Waals surface area contributed by atoms with Crippen molar-refractivity contribution in [1.82, 2.24) is 4.98 Å². The number of alkyl halides is 3. The second kappa shape index (κ2) is 6.54. The highest BCUT2D eigenvalue weighted by Crippen LogP contribution is 2.32. The van der Waals surface area contributed by atoms with E-state index in [1.54, 1.807) is 6.07 Å². The smallest absolute Gasteiger partial charge is 0.392 e. The number of pyridine rings is 1. The Labute approximate surface area is 130 Å². The average molecular weight is 331 g/mol. The summed E-state index contributed by atoms with van der Waals surface area (Å²) in [6, 6.07) is 6.35. The fourth-order valence-corrected chi connectivity index (χ4v) is 2.19. The Morgan fingerprint density at radius 1 is 1.27 bits per heavy atom. The Morgan fingerprint density at radius 2 is 2.00 bits per heavy atom. The van der Waals surface area contributed by atoms with Gasteiger partial charge in [0.25, 0.3) is 0 Å². The molecule has 0 aliphatic heterocycles. The van der Waals surface area contributed by atoms with Gasteiger partial charge in [0.1, 0.15) is 5.82 Å². The van der Waals surface area contributed by atoms with E-state index < -0.39 is 11.7 Å². The molecule has 2 rings (SSSR count). The molecular weight excluding hydrogens is 317 g/mol. The molecule has 1 aromatic carbocycles. The number of halogens is 4. The summed E-state index contributed by atoms with van der Waals surface area (Å²) in [7, 11) is 0. The van der Waals surface area contributed by atoms with Crippen molar-refractivity contribution < 1.29 is 18.3 Å². The molecule has 0 spiro atoms. The van der Waals surface area contributed by atoms with Crippen molar-refractivity contribution in [2.24, 2.45) is 0 Å². The van der Waals surface area contributed by atoms with Crippen LogP contribution in [0.2, 0.25) is 5.02 Å². The third-order valence-electron chi connectivity index (χ3n) is 3.21. The summed E-state index contributed by atoms with van der Waals surface area (Å²) in [4.78, 5) is 3.71. The molecule has 0 atom stereocenters. The minimum Gasteiger partial charge on any atom is -0.392 e. The maximum atomic E-state index is 12.5. The Morgan fingerprint density at radius 3 is 2.55 bits per heavy atom. The molecule has 0 amide bonds. The molecule has 2 N–H and O–H groups in total. The number of rotatable bonds is 4. The van der Waals surface area contributed by atoms with Crippen molar-refractivity contribution in [2.75, 3.05) is 5.32 Å². The van der Waals surface area contributed by atoms with Crippen LogP contribution in [0.15, 0.2) is 30.5 Å². The molecule has 0 aliphatic carbocycles. The highest BCUT2D eigenvalue weighted by atomic mass is 35.5. The Bertz CT molecular complexity index is 674. The summed E-state index contributed by atoms with van der Waals surface area (Å²) in [5.41, 5.74) is 1.79. The number of aromatic nitrogens is 1. The van der Waals surface area contributed by atoms with E-state index in [0.717, 1.165) is 29.0 Å². The molecule has 3 nitrogen and oxygen atoms in total. The van der Waals surface area contributed by atoms with Crippen LogP contribution in [0.25, 0.3) is 0 Å². The van der Waals surface area contributed by atoms with Crippen molar-refractivity contribution >= 4 is 17.4 Å². The van der Waals surface area contributed by atoms with E-state index in [1.165, 1.54) is 0 Å². The molecule has 0 saturated carbocycles. The highest BCUT2D eigenvalue weighted by molar-refractivity contribution is 6.32. The van der Waals surface area contributed by atoms with Gasteiger partial charge in [-0.25, -0.2) is 4.98 Å². The summed E-state index contributed by atoms with van der Waals surface area (Å²) >= 11 is 5.82. The maximum Gasteiger partial charge on any atom is 0.417 e. The van der Waals surface area contributed by atoms with Crippen LogP contribution in [0.5, 0.6) is 0 Å². The zero-order valence-electron chi connectivity index (χ0n) is 11.7. The molecule has 118 valence electrons. The first kappa shape index (κ1) is 16.6. The number of aliphatic hydroxyl groups is 1. The van der Waals surface area contributed by atoms with Gasteiger partial charge in [0.05, 0.1) is 17.2 Å². The number of nitrogens with one attached hydrogen (secondary N) is 1. The van der Waals surface area contributed by atoms with Gasteiger partial charge in [0.2, 0.25) is 0 Å². The molecule has 22 heavy (non-hydrogen) atoms. The van der Waals surface area contributed by atoms with Gasteiger partial charge in [-0.1, -0.05) is 29.8 Å². The van der Waals surface area contributed by atoms with E-state index in [9.17, 15) is 13.2 Å². The first-order valence-electron chi connectivity index (χ1n) is 6.47. The van der Waals surface area contributed by atoms with Crippen LogP contribution in [0.1, 0.15) is 22.3 Å². The van der Waals surface area contributed by atoms with Crippen LogP contribution in [0.3, 0.4) is 0 Å². The van der Waals surface area contributed by atoms with Gasteiger partial charge in [-0.05, 0) is 29.7 Å². The summed E-state index contributed by atoms with van der Waals surface area (Å²) < 4.78 is 37.6. The van der Waals surface area contributed by atoms with Crippen LogP contribution in [0.4, 0.5) is 19.0 Å². The lowest BCUT2D eigenvalue weighted by Crippen LogP contribution is -2.08. The lowest BCUT2D eigenvalue weighted by Gasteiger charge is -2.12. The molecule has 0 unspecified atom stereocenters. The fraction of sp³-hybridized carbons (Fsp3) is 0.267. The molecular formula is C15H14ClF3N2O. The minimum atomic E-state index is -4.47. The van der Waals surface area contributed by atoms with Gasteiger partial charge >= 0.3 is 6.18 Å². The summed E-state index contributed by atoms with van der Waals surface area (Å²) in [6.45, 7) is 2.20. The summed E-state index contributed by atoms with van der Waals surface area (Å²) in [6.07, 6.45) is -3.72. The van der Waals surface area contributed by atoms with Crippen LogP contribution in [0, 0.1) is 6.92 Å². The Hall–Kier alpha value is -1.79. The SMILES string of the molecule is Cc1cc(CNc2ncc(C(F)(F)F)cc2Cl)ccc1CO. The van der Waals surface area contributed by atoms with Crippen molar-refractivity contribution in [1.29, 1.82) is 0 Å². The second-order valence-corrected chi connectivity index (χ2v) is 5.23. The second-order valence-electron chi connectivity index (χ2n) is 4.82. The number of aliphatic hydroxyl groups excluding tert-OH is 1. The lowest BCUT2D eigenvalue weighted by atomic mass is 10.1. The predicted molar refractivity (Wildman–Crippen MR) is 78.7 cm³/mol. The van der Waals surface area contributed by atoms with Crippen LogP contribution in [-0.2, 0) is 19.3 Å². The molecule has 1 aromatic heterocycles. The zero-order valence-corrected chi connectivity index (χ0v) is 12.5. The standard InChI is InChI=1S/C15H14ClF3N2O/c1-9-4-10(2-3-11(9)8-22)6-20-14-13(16)5-12(7-21-14)15(17,18)19/h2-5,7,22H,6,8H2,1H3,(H,20,21). The Kier molecular flexibility index (Phi) is 4.93. The highest BCUT2D eigenvalue weighted by Gasteiger charge is 2.31. The fourth-order valence-electron chi connectivity index (χ4n) is 1.95. The molecule has 0 saturated heterocycles. The number of hydrogen-bond donors (Lipinski definition) is 2. The van der Waals surface area contributed by atoms with Crippen molar-refractivity contribution in [2.45, 2.75) is 26.3 Å². The molecule has 0 fully saturated rings. The van der Waals surface area contributed by atoms with Crippen LogP contribution in [-0.4, -0.2) is 10.1 Å². The summed E-state index contributed by atoms with van der Waals surface area (Å²) in [5.74, 6) is 0.193. The summed E-state index contributed by atoms with van der Waals surface area (Å²) in [5, 5.41) is 11.9. The third kappa shape index (κ3) is 3.90. The zero-order chi connectivity index (χ0) is 16.3. The maximum absolute atomic E-state index is 12.5. The largest absolute Gasteiger partial charge is 0.417 e. The topological polar surface area (TPSA) is 45.2 Å². The lowest BCUT2D eigenvalue weighted by molar-refractivity contribution is -0.137. The van der Waals surface area contributed by atoms with Gasteiger partial charge in [0.15, 0.2) is 0 Å². The van der Waals surface area contributed by atoms with Crippen molar-refractivity contribution in [3.8, 4) is 0 Å².